The molecule has 138 valence electrons. The van der Waals surface area contributed by atoms with Crippen molar-refractivity contribution in [1.82, 2.24) is 14.9 Å². The molecule has 6 nitrogen and oxygen atoms in total. The van der Waals surface area contributed by atoms with E-state index in [-0.39, 0.29) is 5.91 Å². The lowest BCUT2D eigenvalue weighted by molar-refractivity contribution is -0.116. The maximum atomic E-state index is 12.4. The maximum absolute atomic E-state index is 12.4. The normalized spacial score (nSPS) is 15.1. The third kappa shape index (κ3) is 4.58. The third-order valence-corrected chi connectivity index (χ3v) is 4.87. The lowest BCUT2D eigenvalue weighted by atomic mass is 10.1. The molecular formula is C20H27N5O. The van der Waals surface area contributed by atoms with Crippen LogP contribution < -0.4 is 10.2 Å². The highest BCUT2D eigenvalue weighted by Crippen LogP contribution is 2.21. The standard InChI is InChI=1S/C20H27N5O/c1-3-17-7-4-6-16(2)19(17)23-18(26)8-11-24-12-14-25(15-13-24)20-21-9-5-10-22-20/h4-7,9-10H,3,8,11-15H2,1-2H3,(H,23,26). The summed E-state index contributed by atoms with van der Waals surface area (Å²) in [4.78, 5) is 25.5. The van der Waals surface area contributed by atoms with Crippen LogP contribution in [0.5, 0.6) is 0 Å². The molecule has 0 saturated carbocycles. The lowest BCUT2D eigenvalue weighted by Crippen LogP contribution is -2.47. The highest BCUT2D eigenvalue weighted by atomic mass is 16.1. The molecule has 2 aromatic rings. The van der Waals surface area contributed by atoms with Gasteiger partial charge in [0.1, 0.15) is 0 Å². The number of amides is 1. The monoisotopic (exact) mass is 353 g/mol. The molecule has 3 rings (SSSR count). The molecule has 0 aliphatic carbocycles. The molecule has 1 N–H and O–H groups in total. The van der Waals surface area contributed by atoms with Gasteiger partial charge in [0.05, 0.1) is 0 Å². The number of benzene rings is 1. The van der Waals surface area contributed by atoms with Crippen molar-refractivity contribution in [3.05, 3.63) is 47.8 Å². The number of aryl methyl sites for hydroxylation is 2. The maximum Gasteiger partial charge on any atom is 0.225 e. The minimum atomic E-state index is 0.0859. The van der Waals surface area contributed by atoms with Crippen molar-refractivity contribution in [1.29, 1.82) is 0 Å². The molecule has 0 spiro atoms. The first-order valence-electron chi connectivity index (χ1n) is 9.30. The van der Waals surface area contributed by atoms with E-state index in [4.69, 9.17) is 0 Å². The van der Waals surface area contributed by atoms with Crippen LogP contribution in [0.2, 0.25) is 0 Å². The summed E-state index contributed by atoms with van der Waals surface area (Å²) in [5, 5.41) is 3.11. The summed E-state index contributed by atoms with van der Waals surface area (Å²) in [6.07, 6.45) is 4.98. The first-order valence-corrected chi connectivity index (χ1v) is 9.30. The van der Waals surface area contributed by atoms with Crippen LogP contribution in [0.25, 0.3) is 0 Å². The van der Waals surface area contributed by atoms with Gasteiger partial charge in [0.25, 0.3) is 0 Å². The zero-order valence-electron chi connectivity index (χ0n) is 15.6. The Bertz CT molecular complexity index is 726. The molecule has 1 amide bonds. The minimum Gasteiger partial charge on any atom is -0.338 e. The van der Waals surface area contributed by atoms with Gasteiger partial charge in [-0.3, -0.25) is 9.69 Å². The van der Waals surface area contributed by atoms with Crippen LogP contribution in [0.3, 0.4) is 0 Å². The fraction of sp³-hybridized carbons (Fsp3) is 0.450. The fourth-order valence-electron chi connectivity index (χ4n) is 3.29. The Morgan fingerprint density at radius 1 is 1.12 bits per heavy atom. The summed E-state index contributed by atoms with van der Waals surface area (Å²) in [5.74, 6) is 0.874. The van der Waals surface area contributed by atoms with E-state index in [1.165, 1.54) is 5.56 Å². The molecule has 1 aromatic heterocycles. The van der Waals surface area contributed by atoms with E-state index < -0.39 is 0 Å². The van der Waals surface area contributed by atoms with E-state index in [9.17, 15) is 4.79 Å². The summed E-state index contributed by atoms with van der Waals surface area (Å²) in [6, 6.07) is 7.99. The number of anilines is 2. The Labute approximate surface area is 155 Å². The van der Waals surface area contributed by atoms with Gasteiger partial charge in [0, 0.05) is 57.2 Å². The second-order valence-electron chi connectivity index (χ2n) is 6.64. The number of rotatable bonds is 6. The van der Waals surface area contributed by atoms with Gasteiger partial charge in [0.15, 0.2) is 0 Å². The molecule has 2 heterocycles. The number of nitrogens with one attached hydrogen (secondary N) is 1. The van der Waals surface area contributed by atoms with Crippen LogP contribution in [-0.2, 0) is 11.2 Å². The van der Waals surface area contributed by atoms with Crippen molar-refractivity contribution in [2.45, 2.75) is 26.7 Å². The first-order chi connectivity index (χ1) is 12.7. The Hall–Kier alpha value is -2.47. The summed E-state index contributed by atoms with van der Waals surface area (Å²) in [6.45, 7) is 8.57. The molecule has 0 atom stereocenters. The van der Waals surface area contributed by atoms with Gasteiger partial charge in [-0.25, -0.2) is 9.97 Å². The van der Waals surface area contributed by atoms with Crippen LogP contribution in [0.4, 0.5) is 11.6 Å². The van der Waals surface area contributed by atoms with Crippen LogP contribution in [0.1, 0.15) is 24.5 Å². The van der Waals surface area contributed by atoms with E-state index >= 15 is 0 Å². The Balaban J connectivity index is 1.46. The second kappa shape index (κ2) is 8.76. The predicted molar refractivity (Wildman–Crippen MR) is 104 cm³/mol. The van der Waals surface area contributed by atoms with Gasteiger partial charge in [-0.15, -0.1) is 0 Å². The molecule has 0 unspecified atom stereocenters. The molecule has 1 saturated heterocycles. The van der Waals surface area contributed by atoms with Gasteiger partial charge in [-0.2, -0.15) is 0 Å². The number of carbonyl (C=O) groups is 1. The van der Waals surface area contributed by atoms with Crippen LogP contribution in [0, 0.1) is 6.92 Å². The fourth-order valence-corrected chi connectivity index (χ4v) is 3.29. The molecule has 6 heteroatoms. The molecule has 0 bridgehead atoms. The van der Waals surface area contributed by atoms with Gasteiger partial charge < -0.3 is 10.2 Å². The predicted octanol–water partition coefficient (Wildman–Crippen LogP) is 2.50. The topological polar surface area (TPSA) is 61.4 Å². The number of hydrogen-bond acceptors (Lipinski definition) is 5. The van der Waals surface area contributed by atoms with Crippen molar-refractivity contribution in [2.24, 2.45) is 0 Å². The van der Waals surface area contributed by atoms with Crippen molar-refractivity contribution < 1.29 is 4.79 Å². The molecule has 0 radical (unpaired) electrons. The van der Waals surface area contributed by atoms with E-state index in [1.807, 2.05) is 25.1 Å². The SMILES string of the molecule is CCc1cccc(C)c1NC(=O)CCN1CCN(c2ncccn2)CC1. The Kier molecular flexibility index (Phi) is 6.17. The van der Waals surface area contributed by atoms with Gasteiger partial charge in [0.2, 0.25) is 11.9 Å². The lowest BCUT2D eigenvalue weighted by Gasteiger charge is -2.34. The average molecular weight is 353 g/mol. The summed E-state index contributed by atoms with van der Waals surface area (Å²) in [5.41, 5.74) is 3.29. The summed E-state index contributed by atoms with van der Waals surface area (Å²) < 4.78 is 0. The van der Waals surface area contributed by atoms with Crippen molar-refractivity contribution in [3.8, 4) is 0 Å². The third-order valence-electron chi connectivity index (χ3n) is 4.87. The Morgan fingerprint density at radius 3 is 2.54 bits per heavy atom. The number of nitrogens with zero attached hydrogens (tertiary/aromatic N) is 4. The minimum absolute atomic E-state index is 0.0859. The first kappa shape index (κ1) is 18.3. The Morgan fingerprint density at radius 2 is 1.85 bits per heavy atom. The zero-order chi connectivity index (χ0) is 18.4. The zero-order valence-corrected chi connectivity index (χ0v) is 15.6. The van der Waals surface area contributed by atoms with E-state index in [0.717, 1.165) is 56.3 Å². The summed E-state index contributed by atoms with van der Waals surface area (Å²) in [7, 11) is 0. The molecule has 1 fully saturated rings. The van der Waals surface area contributed by atoms with E-state index in [0.29, 0.717) is 6.42 Å². The average Bonchev–Trinajstić information content (AvgIpc) is 2.69. The van der Waals surface area contributed by atoms with Crippen LogP contribution in [-0.4, -0.2) is 53.5 Å². The number of piperazine rings is 1. The number of hydrogen-bond donors (Lipinski definition) is 1. The van der Waals surface area contributed by atoms with Crippen molar-refractivity contribution in [2.75, 3.05) is 42.9 Å². The molecular weight excluding hydrogens is 326 g/mol. The van der Waals surface area contributed by atoms with Crippen LogP contribution >= 0.6 is 0 Å². The number of carbonyl (C=O) groups excluding carboxylic acids is 1. The number of para-hydroxylation sites is 1. The van der Waals surface area contributed by atoms with Gasteiger partial charge in [-0.05, 0) is 30.5 Å². The molecule has 26 heavy (non-hydrogen) atoms. The highest BCUT2D eigenvalue weighted by Gasteiger charge is 2.19. The number of aromatic nitrogens is 2. The van der Waals surface area contributed by atoms with Gasteiger partial charge >= 0.3 is 0 Å². The smallest absolute Gasteiger partial charge is 0.225 e. The quantitative estimate of drug-likeness (QED) is 0.865. The van der Waals surface area contributed by atoms with Gasteiger partial charge in [-0.1, -0.05) is 25.1 Å². The van der Waals surface area contributed by atoms with Crippen molar-refractivity contribution in [3.63, 3.8) is 0 Å². The van der Waals surface area contributed by atoms with Crippen LogP contribution in [0.15, 0.2) is 36.7 Å². The second-order valence-corrected chi connectivity index (χ2v) is 6.64. The molecule has 1 aromatic carbocycles. The molecule has 1 aliphatic rings. The van der Waals surface area contributed by atoms with E-state index in [1.54, 1.807) is 12.4 Å². The summed E-state index contributed by atoms with van der Waals surface area (Å²) >= 11 is 0. The highest BCUT2D eigenvalue weighted by molar-refractivity contribution is 5.92. The van der Waals surface area contributed by atoms with E-state index in [2.05, 4.69) is 38.1 Å². The molecule has 1 aliphatic heterocycles. The largest absolute Gasteiger partial charge is 0.338 e. The van der Waals surface area contributed by atoms with Crippen molar-refractivity contribution >= 4 is 17.5 Å².